The van der Waals surface area contributed by atoms with E-state index in [1.165, 1.54) is 14.0 Å². The Kier molecular flexibility index (Phi) is 3.86. The van der Waals surface area contributed by atoms with Crippen LogP contribution in [0.4, 0.5) is 19.0 Å². The predicted octanol–water partition coefficient (Wildman–Crippen LogP) is 2.53. The van der Waals surface area contributed by atoms with E-state index in [0.717, 1.165) is 4.68 Å². The maximum Gasteiger partial charge on any atom is 0.435 e. The Balaban J connectivity index is 1.78. The van der Waals surface area contributed by atoms with Crippen LogP contribution >= 0.6 is 0 Å². The summed E-state index contributed by atoms with van der Waals surface area (Å²) in [4.78, 5) is 12.3. The Morgan fingerprint density at radius 2 is 2.00 bits per heavy atom. The molecule has 2 aromatic rings. The Morgan fingerprint density at radius 3 is 2.62 bits per heavy atom. The second-order valence-electron chi connectivity index (χ2n) is 5.30. The first-order valence-electron chi connectivity index (χ1n) is 7.07. The van der Waals surface area contributed by atoms with E-state index >= 15 is 0 Å². The fourth-order valence-corrected chi connectivity index (χ4v) is 2.42. The van der Waals surface area contributed by atoms with E-state index in [1.54, 1.807) is 24.3 Å². The molecule has 1 unspecified atom stereocenters. The number of aromatic nitrogens is 2. The third kappa shape index (κ3) is 2.89. The van der Waals surface area contributed by atoms with Gasteiger partial charge in [0.05, 0.1) is 0 Å². The Labute approximate surface area is 135 Å². The van der Waals surface area contributed by atoms with Crippen LogP contribution in [-0.2, 0) is 18.0 Å². The van der Waals surface area contributed by atoms with Crippen LogP contribution in [0.25, 0.3) is 0 Å². The molecule has 2 heterocycles. The Morgan fingerprint density at radius 1 is 1.33 bits per heavy atom. The number of benzene rings is 1. The highest BCUT2D eigenvalue weighted by Crippen LogP contribution is 2.34. The van der Waals surface area contributed by atoms with Gasteiger partial charge in [-0.2, -0.15) is 18.3 Å². The summed E-state index contributed by atoms with van der Waals surface area (Å²) in [5.41, 5.74) is -1.19. The number of carbonyl (C=O) groups excluding carboxylic acids is 1. The molecular formula is C15H14F3N3O3. The van der Waals surface area contributed by atoms with E-state index in [4.69, 9.17) is 9.47 Å². The number of halogens is 3. The number of carbonyl (C=O) groups is 1. The maximum atomic E-state index is 12.9. The summed E-state index contributed by atoms with van der Waals surface area (Å²) >= 11 is 0. The highest BCUT2D eigenvalue weighted by molar-refractivity contribution is 5.94. The molecule has 1 aromatic carbocycles. The summed E-state index contributed by atoms with van der Waals surface area (Å²) in [6.45, 7) is 1.21. The minimum atomic E-state index is -4.59. The molecule has 0 saturated carbocycles. The second-order valence-corrected chi connectivity index (χ2v) is 5.30. The van der Waals surface area contributed by atoms with Gasteiger partial charge in [0.2, 0.25) is 6.10 Å². The lowest BCUT2D eigenvalue weighted by Gasteiger charge is -2.25. The van der Waals surface area contributed by atoms with Gasteiger partial charge < -0.3 is 14.8 Å². The molecule has 1 amide bonds. The normalized spacial score (nSPS) is 16.8. The molecule has 0 aliphatic carbocycles. The minimum absolute atomic E-state index is 0.0326. The van der Waals surface area contributed by atoms with E-state index < -0.39 is 23.9 Å². The van der Waals surface area contributed by atoms with Crippen molar-refractivity contribution in [2.24, 2.45) is 7.05 Å². The van der Waals surface area contributed by atoms with Gasteiger partial charge in [-0.15, -0.1) is 0 Å². The van der Waals surface area contributed by atoms with Crippen LogP contribution in [0.2, 0.25) is 0 Å². The average molecular weight is 341 g/mol. The lowest BCUT2D eigenvalue weighted by molar-refractivity contribution is -0.141. The van der Waals surface area contributed by atoms with Gasteiger partial charge in [-0.05, 0) is 19.1 Å². The third-order valence-corrected chi connectivity index (χ3v) is 3.60. The number of fused-ring (bicyclic) bond motifs is 1. The number of para-hydroxylation sites is 2. The molecule has 0 radical (unpaired) electrons. The maximum absolute atomic E-state index is 12.9. The summed E-state index contributed by atoms with van der Waals surface area (Å²) < 4.78 is 50.5. The van der Waals surface area contributed by atoms with Gasteiger partial charge >= 0.3 is 6.18 Å². The van der Waals surface area contributed by atoms with E-state index in [-0.39, 0.29) is 18.0 Å². The summed E-state index contributed by atoms with van der Waals surface area (Å²) in [5.74, 6) is 0.276. The summed E-state index contributed by atoms with van der Waals surface area (Å²) in [5, 5.41) is 5.85. The summed E-state index contributed by atoms with van der Waals surface area (Å²) in [6.07, 6.45) is -5.56. The molecule has 0 saturated heterocycles. The van der Waals surface area contributed by atoms with Gasteiger partial charge in [-0.1, -0.05) is 12.1 Å². The fraction of sp³-hybridized carbons (Fsp3) is 0.333. The summed E-state index contributed by atoms with van der Waals surface area (Å²) in [6, 6.07) is 6.83. The largest absolute Gasteiger partial charge is 0.485 e. The number of hydrogen-bond acceptors (Lipinski definition) is 4. The van der Waals surface area contributed by atoms with Crippen molar-refractivity contribution in [1.29, 1.82) is 0 Å². The molecule has 1 atom stereocenters. The SMILES string of the molecule is Cc1c(C(F)(F)F)nn(C)c1NC(=O)C1COc2ccccc2O1. The van der Waals surface area contributed by atoms with Crippen LogP contribution in [-0.4, -0.2) is 28.4 Å². The zero-order valence-electron chi connectivity index (χ0n) is 12.8. The molecular weight excluding hydrogens is 327 g/mol. The molecule has 3 rings (SSSR count). The first kappa shape index (κ1) is 16.2. The first-order chi connectivity index (χ1) is 11.3. The lowest BCUT2D eigenvalue weighted by Crippen LogP contribution is -2.40. The molecule has 1 aromatic heterocycles. The molecule has 0 spiro atoms. The van der Waals surface area contributed by atoms with Crippen LogP contribution in [0.3, 0.4) is 0 Å². The molecule has 24 heavy (non-hydrogen) atoms. The molecule has 0 bridgehead atoms. The highest BCUT2D eigenvalue weighted by Gasteiger charge is 2.38. The quantitative estimate of drug-likeness (QED) is 0.912. The van der Waals surface area contributed by atoms with E-state index in [1.807, 2.05) is 0 Å². The molecule has 128 valence electrons. The molecule has 1 aliphatic rings. The monoisotopic (exact) mass is 341 g/mol. The van der Waals surface area contributed by atoms with Gasteiger partial charge in [0.1, 0.15) is 12.4 Å². The highest BCUT2D eigenvalue weighted by atomic mass is 19.4. The number of anilines is 1. The molecule has 1 N–H and O–H groups in total. The minimum Gasteiger partial charge on any atom is -0.485 e. The van der Waals surface area contributed by atoms with Crippen LogP contribution in [0.1, 0.15) is 11.3 Å². The number of nitrogens with zero attached hydrogens (tertiary/aromatic N) is 2. The van der Waals surface area contributed by atoms with Crippen molar-refractivity contribution in [3.05, 3.63) is 35.5 Å². The van der Waals surface area contributed by atoms with Crippen molar-refractivity contribution in [2.75, 3.05) is 11.9 Å². The van der Waals surface area contributed by atoms with Crippen molar-refractivity contribution in [3.8, 4) is 11.5 Å². The van der Waals surface area contributed by atoms with Gasteiger partial charge in [-0.3, -0.25) is 9.48 Å². The van der Waals surface area contributed by atoms with Gasteiger partial charge in [0.25, 0.3) is 5.91 Å². The number of nitrogens with one attached hydrogen (secondary N) is 1. The number of ether oxygens (including phenoxy) is 2. The van der Waals surface area contributed by atoms with Crippen molar-refractivity contribution < 1.29 is 27.4 Å². The second kappa shape index (κ2) is 5.73. The Hall–Kier alpha value is -2.71. The predicted molar refractivity (Wildman–Crippen MR) is 77.9 cm³/mol. The summed E-state index contributed by atoms with van der Waals surface area (Å²) in [7, 11) is 1.32. The van der Waals surface area contributed by atoms with Gasteiger partial charge in [0, 0.05) is 12.6 Å². The standard InChI is InChI=1S/C15H14F3N3O3/c1-8-12(15(16,17)18)20-21(2)13(8)19-14(22)11-7-23-9-5-3-4-6-10(9)24-11/h3-6,11H,7H2,1-2H3,(H,19,22). The molecule has 1 aliphatic heterocycles. The zero-order valence-corrected chi connectivity index (χ0v) is 12.8. The molecule has 0 fully saturated rings. The van der Waals surface area contributed by atoms with Crippen LogP contribution in [0.15, 0.2) is 24.3 Å². The van der Waals surface area contributed by atoms with Crippen LogP contribution in [0.5, 0.6) is 11.5 Å². The third-order valence-electron chi connectivity index (χ3n) is 3.60. The van der Waals surface area contributed by atoms with E-state index in [2.05, 4.69) is 10.4 Å². The van der Waals surface area contributed by atoms with E-state index in [9.17, 15) is 18.0 Å². The van der Waals surface area contributed by atoms with Crippen LogP contribution in [0, 0.1) is 6.92 Å². The van der Waals surface area contributed by atoms with Gasteiger partial charge in [0.15, 0.2) is 17.2 Å². The smallest absolute Gasteiger partial charge is 0.435 e. The first-order valence-corrected chi connectivity index (χ1v) is 7.07. The lowest BCUT2D eigenvalue weighted by atomic mass is 10.2. The molecule has 9 heteroatoms. The number of hydrogen-bond donors (Lipinski definition) is 1. The molecule has 6 nitrogen and oxygen atoms in total. The van der Waals surface area contributed by atoms with Crippen molar-refractivity contribution in [3.63, 3.8) is 0 Å². The number of aryl methyl sites for hydroxylation is 1. The van der Waals surface area contributed by atoms with Gasteiger partial charge in [-0.25, -0.2) is 0 Å². The fourth-order valence-electron chi connectivity index (χ4n) is 2.42. The number of alkyl halides is 3. The number of amides is 1. The average Bonchev–Trinajstić information content (AvgIpc) is 2.82. The number of rotatable bonds is 2. The van der Waals surface area contributed by atoms with Crippen molar-refractivity contribution >= 4 is 11.7 Å². The van der Waals surface area contributed by atoms with Crippen molar-refractivity contribution in [2.45, 2.75) is 19.2 Å². The topological polar surface area (TPSA) is 65.4 Å². The zero-order chi connectivity index (χ0) is 17.5. The van der Waals surface area contributed by atoms with E-state index in [0.29, 0.717) is 11.5 Å². The van der Waals surface area contributed by atoms with Crippen molar-refractivity contribution in [1.82, 2.24) is 9.78 Å². The Bertz CT molecular complexity index is 786. The van der Waals surface area contributed by atoms with Crippen LogP contribution < -0.4 is 14.8 Å².